The van der Waals surface area contributed by atoms with Gasteiger partial charge in [-0.2, -0.15) is 0 Å². The molecule has 0 saturated heterocycles. The second-order valence-electron chi connectivity index (χ2n) is 5.19. The second kappa shape index (κ2) is 7.89. The van der Waals surface area contributed by atoms with Crippen LogP contribution in [0.1, 0.15) is 32.3 Å². The maximum Gasteiger partial charge on any atom is 0.304 e. The van der Waals surface area contributed by atoms with E-state index in [1.165, 1.54) is 6.07 Å². The van der Waals surface area contributed by atoms with Crippen LogP contribution in [0.15, 0.2) is 24.3 Å². The van der Waals surface area contributed by atoms with Crippen molar-refractivity contribution < 1.29 is 14.3 Å². The molecule has 0 aromatic heterocycles. The largest absolute Gasteiger partial charge is 0.481 e. The molecule has 1 N–H and O–H groups in total. The molecule has 3 nitrogen and oxygen atoms in total. The van der Waals surface area contributed by atoms with Gasteiger partial charge in [-0.15, -0.1) is 0 Å². The third kappa shape index (κ3) is 6.34. The van der Waals surface area contributed by atoms with Crippen LogP contribution in [0.5, 0.6) is 0 Å². The fourth-order valence-electron chi connectivity index (χ4n) is 1.83. The molecule has 0 atom stereocenters. The molecule has 0 radical (unpaired) electrons. The Morgan fingerprint density at radius 1 is 1.32 bits per heavy atom. The normalized spacial score (nSPS) is 11.2. The van der Waals surface area contributed by atoms with Gasteiger partial charge in [-0.1, -0.05) is 32.0 Å². The van der Waals surface area contributed by atoms with Gasteiger partial charge >= 0.3 is 5.97 Å². The molecule has 1 aromatic carbocycles. The molecule has 0 heterocycles. The van der Waals surface area contributed by atoms with Gasteiger partial charge in [0, 0.05) is 18.7 Å². The van der Waals surface area contributed by atoms with Crippen molar-refractivity contribution >= 4 is 5.97 Å². The van der Waals surface area contributed by atoms with Crippen LogP contribution in [0.25, 0.3) is 0 Å². The first-order valence-corrected chi connectivity index (χ1v) is 6.66. The predicted molar refractivity (Wildman–Crippen MR) is 73.4 cm³/mol. The van der Waals surface area contributed by atoms with Gasteiger partial charge in [0.25, 0.3) is 0 Å². The van der Waals surface area contributed by atoms with Crippen LogP contribution in [0, 0.1) is 11.7 Å². The van der Waals surface area contributed by atoms with Crippen molar-refractivity contribution in [3.05, 3.63) is 35.6 Å². The summed E-state index contributed by atoms with van der Waals surface area (Å²) in [6, 6.07) is 6.65. The maximum atomic E-state index is 13.6. The molecule has 1 aromatic rings. The molecular formula is C15H22FNO2. The Morgan fingerprint density at radius 3 is 2.58 bits per heavy atom. The van der Waals surface area contributed by atoms with Crippen molar-refractivity contribution in [2.45, 2.75) is 33.2 Å². The van der Waals surface area contributed by atoms with E-state index in [9.17, 15) is 9.18 Å². The average Bonchev–Trinajstić information content (AvgIpc) is 2.34. The van der Waals surface area contributed by atoms with Gasteiger partial charge in [0.15, 0.2) is 0 Å². The first-order chi connectivity index (χ1) is 8.99. The van der Waals surface area contributed by atoms with Crippen LogP contribution in [0.2, 0.25) is 0 Å². The number of nitrogens with zero attached hydrogens (tertiary/aromatic N) is 1. The molecule has 0 aliphatic rings. The van der Waals surface area contributed by atoms with Gasteiger partial charge in [-0.3, -0.25) is 9.69 Å². The number of benzene rings is 1. The van der Waals surface area contributed by atoms with Gasteiger partial charge in [-0.05, 0) is 24.9 Å². The highest BCUT2D eigenvalue weighted by atomic mass is 19.1. The van der Waals surface area contributed by atoms with Crippen molar-refractivity contribution in [3.8, 4) is 0 Å². The third-order valence-corrected chi connectivity index (χ3v) is 3.02. The summed E-state index contributed by atoms with van der Waals surface area (Å²) in [6.07, 6.45) is 1.07. The number of carboxylic acid groups (broad SMARTS) is 1. The molecule has 0 bridgehead atoms. The molecule has 106 valence electrons. The van der Waals surface area contributed by atoms with E-state index in [1.54, 1.807) is 18.2 Å². The van der Waals surface area contributed by atoms with Crippen molar-refractivity contribution in [2.75, 3.05) is 13.1 Å². The summed E-state index contributed by atoms with van der Waals surface area (Å²) in [4.78, 5) is 12.7. The first kappa shape index (κ1) is 15.6. The number of aliphatic carboxylic acids is 1. The van der Waals surface area contributed by atoms with Crippen LogP contribution in [-0.4, -0.2) is 29.1 Å². The summed E-state index contributed by atoms with van der Waals surface area (Å²) in [5.41, 5.74) is 0.622. The summed E-state index contributed by atoms with van der Waals surface area (Å²) in [5, 5.41) is 8.76. The van der Waals surface area contributed by atoms with Gasteiger partial charge in [-0.25, -0.2) is 4.39 Å². The lowest BCUT2D eigenvalue weighted by Crippen LogP contribution is -2.28. The van der Waals surface area contributed by atoms with Crippen LogP contribution in [0.4, 0.5) is 4.39 Å². The smallest absolute Gasteiger partial charge is 0.304 e. The van der Waals surface area contributed by atoms with E-state index in [1.807, 2.05) is 4.90 Å². The Balaban J connectivity index is 2.62. The molecular weight excluding hydrogens is 245 g/mol. The second-order valence-corrected chi connectivity index (χ2v) is 5.19. The molecule has 0 unspecified atom stereocenters. The fraction of sp³-hybridized carbons (Fsp3) is 0.533. The van der Waals surface area contributed by atoms with Crippen molar-refractivity contribution in [3.63, 3.8) is 0 Å². The third-order valence-electron chi connectivity index (χ3n) is 3.02. The summed E-state index contributed by atoms with van der Waals surface area (Å²) >= 11 is 0. The minimum atomic E-state index is -0.817. The van der Waals surface area contributed by atoms with Crippen LogP contribution in [-0.2, 0) is 11.3 Å². The zero-order chi connectivity index (χ0) is 14.3. The van der Waals surface area contributed by atoms with Gasteiger partial charge in [0.2, 0.25) is 0 Å². The SMILES string of the molecule is CC(C)CCN(CCC(=O)O)Cc1ccccc1F. The van der Waals surface area contributed by atoms with Gasteiger partial charge in [0.1, 0.15) is 5.82 Å². The number of carboxylic acids is 1. The van der Waals surface area contributed by atoms with Crippen LogP contribution >= 0.6 is 0 Å². The topological polar surface area (TPSA) is 40.5 Å². The number of hydrogen-bond acceptors (Lipinski definition) is 2. The highest BCUT2D eigenvalue weighted by Gasteiger charge is 2.11. The number of carbonyl (C=O) groups is 1. The zero-order valence-electron chi connectivity index (χ0n) is 11.6. The molecule has 4 heteroatoms. The molecule has 19 heavy (non-hydrogen) atoms. The molecule has 0 spiro atoms. The zero-order valence-corrected chi connectivity index (χ0v) is 11.6. The Kier molecular flexibility index (Phi) is 6.50. The Bertz CT molecular complexity index is 407. The van der Waals surface area contributed by atoms with Gasteiger partial charge < -0.3 is 5.11 Å². The Labute approximate surface area is 114 Å². The van der Waals surface area contributed by atoms with E-state index >= 15 is 0 Å². The molecule has 1 rings (SSSR count). The minimum Gasteiger partial charge on any atom is -0.481 e. The Hall–Kier alpha value is -1.42. The highest BCUT2D eigenvalue weighted by Crippen LogP contribution is 2.12. The summed E-state index contributed by atoms with van der Waals surface area (Å²) in [6.45, 7) is 5.96. The Morgan fingerprint density at radius 2 is 2.00 bits per heavy atom. The molecule has 0 aliphatic heterocycles. The number of hydrogen-bond donors (Lipinski definition) is 1. The average molecular weight is 267 g/mol. The lowest BCUT2D eigenvalue weighted by atomic mass is 10.1. The first-order valence-electron chi connectivity index (χ1n) is 6.66. The number of halogens is 1. The van der Waals surface area contributed by atoms with Crippen LogP contribution in [0.3, 0.4) is 0 Å². The van der Waals surface area contributed by atoms with E-state index in [2.05, 4.69) is 13.8 Å². The lowest BCUT2D eigenvalue weighted by Gasteiger charge is -2.22. The predicted octanol–water partition coefficient (Wildman–Crippen LogP) is 3.15. The highest BCUT2D eigenvalue weighted by molar-refractivity contribution is 5.66. The fourth-order valence-corrected chi connectivity index (χ4v) is 1.83. The molecule has 0 amide bonds. The standard InChI is InChI=1S/C15H22FNO2/c1-12(2)7-9-17(10-8-15(18)19)11-13-5-3-4-6-14(13)16/h3-6,12H,7-11H2,1-2H3,(H,18,19). The van der Waals surface area contributed by atoms with E-state index in [-0.39, 0.29) is 12.2 Å². The van der Waals surface area contributed by atoms with Crippen molar-refractivity contribution in [1.82, 2.24) is 4.90 Å². The van der Waals surface area contributed by atoms with Gasteiger partial charge in [0.05, 0.1) is 6.42 Å². The molecule has 0 saturated carbocycles. The number of rotatable bonds is 8. The van der Waals surface area contributed by atoms with E-state index in [4.69, 9.17) is 5.11 Å². The van der Waals surface area contributed by atoms with Crippen LogP contribution < -0.4 is 0 Å². The summed E-state index contributed by atoms with van der Waals surface area (Å²) < 4.78 is 13.6. The molecule has 0 aliphatic carbocycles. The van der Waals surface area contributed by atoms with Crippen molar-refractivity contribution in [1.29, 1.82) is 0 Å². The van der Waals surface area contributed by atoms with E-state index in [0.717, 1.165) is 13.0 Å². The minimum absolute atomic E-state index is 0.0898. The monoisotopic (exact) mass is 267 g/mol. The maximum absolute atomic E-state index is 13.6. The van der Waals surface area contributed by atoms with E-state index in [0.29, 0.717) is 24.6 Å². The quantitative estimate of drug-likeness (QED) is 0.786. The molecule has 0 fully saturated rings. The summed E-state index contributed by atoms with van der Waals surface area (Å²) in [7, 11) is 0. The summed E-state index contributed by atoms with van der Waals surface area (Å²) in [5.74, 6) is -0.497. The lowest BCUT2D eigenvalue weighted by molar-refractivity contribution is -0.137. The van der Waals surface area contributed by atoms with Crippen molar-refractivity contribution in [2.24, 2.45) is 5.92 Å². The van der Waals surface area contributed by atoms with E-state index < -0.39 is 5.97 Å².